The van der Waals surface area contributed by atoms with Gasteiger partial charge >= 0.3 is 0 Å². The Hall–Kier alpha value is -1.40. The van der Waals surface area contributed by atoms with Gasteiger partial charge in [-0.05, 0) is 20.8 Å². The van der Waals surface area contributed by atoms with E-state index >= 15 is 0 Å². The van der Waals surface area contributed by atoms with E-state index in [1.807, 2.05) is 20.8 Å². The van der Waals surface area contributed by atoms with Crippen LogP contribution in [0, 0.1) is 6.92 Å². The molecular weight excluding hydrogens is 254 g/mol. The van der Waals surface area contributed by atoms with Crippen LogP contribution in [-0.2, 0) is 4.74 Å². The fourth-order valence-electron chi connectivity index (χ4n) is 1.64. The van der Waals surface area contributed by atoms with Crippen molar-refractivity contribution in [3.8, 4) is 0 Å². The maximum Gasteiger partial charge on any atom is 0.255 e. The number of hydrogen-bond acceptors (Lipinski definition) is 5. The van der Waals surface area contributed by atoms with Gasteiger partial charge in [0.1, 0.15) is 17.3 Å². The van der Waals surface area contributed by atoms with Crippen LogP contribution in [0.2, 0.25) is 5.15 Å². The number of nitrogens with zero attached hydrogens (tertiary/aromatic N) is 4. The molecule has 18 heavy (non-hydrogen) atoms. The SMILES string of the molecule is CCOCC(C)Nc1c(C)c(Cl)nc2ncnn12. The Balaban J connectivity index is 2.31. The first-order chi connectivity index (χ1) is 8.63. The van der Waals surface area contributed by atoms with Gasteiger partial charge in [0, 0.05) is 18.2 Å². The zero-order valence-electron chi connectivity index (χ0n) is 10.6. The minimum absolute atomic E-state index is 0.148. The van der Waals surface area contributed by atoms with Crippen molar-refractivity contribution in [3.05, 3.63) is 17.0 Å². The van der Waals surface area contributed by atoms with Crippen molar-refractivity contribution >= 4 is 23.2 Å². The summed E-state index contributed by atoms with van der Waals surface area (Å²) in [5.74, 6) is 1.28. The van der Waals surface area contributed by atoms with Crippen LogP contribution in [0.5, 0.6) is 0 Å². The van der Waals surface area contributed by atoms with E-state index in [-0.39, 0.29) is 6.04 Å². The highest BCUT2D eigenvalue weighted by atomic mass is 35.5. The molecule has 1 unspecified atom stereocenters. The van der Waals surface area contributed by atoms with Crippen molar-refractivity contribution < 1.29 is 4.74 Å². The zero-order chi connectivity index (χ0) is 13.1. The number of rotatable bonds is 5. The molecule has 0 fully saturated rings. The van der Waals surface area contributed by atoms with E-state index in [1.165, 1.54) is 6.33 Å². The molecule has 1 N–H and O–H groups in total. The van der Waals surface area contributed by atoms with Gasteiger partial charge in [-0.25, -0.2) is 0 Å². The van der Waals surface area contributed by atoms with Gasteiger partial charge in [0.05, 0.1) is 6.61 Å². The summed E-state index contributed by atoms with van der Waals surface area (Å²) < 4.78 is 7.02. The average molecular weight is 270 g/mol. The number of aromatic nitrogens is 4. The normalized spacial score (nSPS) is 12.9. The summed E-state index contributed by atoms with van der Waals surface area (Å²) in [7, 11) is 0. The summed E-state index contributed by atoms with van der Waals surface area (Å²) in [5.41, 5.74) is 0.845. The van der Waals surface area contributed by atoms with Crippen molar-refractivity contribution in [1.82, 2.24) is 19.6 Å². The number of anilines is 1. The van der Waals surface area contributed by atoms with Crippen LogP contribution in [0.25, 0.3) is 5.78 Å². The van der Waals surface area contributed by atoms with Crippen LogP contribution < -0.4 is 5.32 Å². The summed E-state index contributed by atoms with van der Waals surface area (Å²) in [5, 5.41) is 7.89. The second kappa shape index (κ2) is 5.49. The topological polar surface area (TPSA) is 64.3 Å². The Morgan fingerprint density at radius 2 is 2.33 bits per heavy atom. The molecule has 2 heterocycles. The molecule has 0 aliphatic carbocycles. The van der Waals surface area contributed by atoms with E-state index in [1.54, 1.807) is 4.52 Å². The van der Waals surface area contributed by atoms with Gasteiger partial charge in [0.2, 0.25) is 0 Å². The first-order valence-corrected chi connectivity index (χ1v) is 6.21. The Morgan fingerprint density at radius 3 is 3.06 bits per heavy atom. The van der Waals surface area contributed by atoms with Gasteiger partial charge in [0.25, 0.3) is 5.78 Å². The van der Waals surface area contributed by atoms with Crippen molar-refractivity contribution in [2.75, 3.05) is 18.5 Å². The van der Waals surface area contributed by atoms with Gasteiger partial charge in [-0.15, -0.1) is 0 Å². The molecule has 98 valence electrons. The van der Waals surface area contributed by atoms with Crippen LogP contribution >= 0.6 is 11.6 Å². The highest BCUT2D eigenvalue weighted by Gasteiger charge is 2.14. The molecule has 2 rings (SSSR count). The highest BCUT2D eigenvalue weighted by Crippen LogP contribution is 2.22. The summed E-state index contributed by atoms with van der Waals surface area (Å²) >= 11 is 6.07. The lowest BCUT2D eigenvalue weighted by molar-refractivity contribution is 0.141. The summed E-state index contributed by atoms with van der Waals surface area (Å²) in [4.78, 5) is 8.18. The third-order valence-electron chi connectivity index (χ3n) is 2.56. The van der Waals surface area contributed by atoms with Crippen LogP contribution in [0.1, 0.15) is 19.4 Å². The van der Waals surface area contributed by atoms with E-state index in [2.05, 4.69) is 20.4 Å². The lowest BCUT2D eigenvalue weighted by Crippen LogP contribution is -2.24. The zero-order valence-corrected chi connectivity index (χ0v) is 11.4. The fourth-order valence-corrected chi connectivity index (χ4v) is 1.80. The lowest BCUT2D eigenvalue weighted by atomic mass is 10.3. The number of nitrogens with one attached hydrogen (secondary N) is 1. The molecule has 0 bridgehead atoms. The van der Waals surface area contributed by atoms with Gasteiger partial charge in [0.15, 0.2) is 0 Å². The fraction of sp³-hybridized carbons (Fsp3) is 0.545. The van der Waals surface area contributed by atoms with E-state index in [0.29, 0.717) is 24.1 Å². The largest absolute Gasteiger partial charge is 0.380 e. The maximum absolute atomic E-state index is 6.07. The molecule has 2 aromatic heterocycles. The third kappa shape index (κ3) is 2.54. The predicted octanol–water partition coefficient (Wildman–Crippen LogP) is 1.92. The molecule has 0 saturated carbocycles. The van der Waals surface area contributed by atoms with Crippen molar-refractivity contribution in [3.63, 3.8) is 0 Å². The molecule has 0 aliphatic rings. The number of fused-ring (bicyclic) bond motifs is 1. The Morgan fingerprint density at radius 1 is 1.56 bits per heavy atom. The first kappa shape index (κ1) is 13.0. The van der Waals surface area contributed by atoms with Crippen LogP contribution in [0.4, 0.5) is 5.82 Å². The molecule has 0 radical (unpaired) electrons. The first-order valence-electron chi connectivity index (χ1n) is 5.83. The summed E-state index contributed by atoms with van der Waals surface area (Å²) in [6.45, 7) is 7.21. The van der Waals surface area contributed by atoms with Crippen LogP contribution in [0.15, 0.2) is 6.33 Å². The van der Waals surface area contributed by atoms with Crippen molar-refractivity contribution in [2.24, 2.45) is 0 Å². The van der Waals surface area contributed by atoms with Gasteiger partial charge in [-0.2, -0.15) is 19.6 Å². The Bertz CT molecular complexity index is 541. The van der Waals surface area contributed by atoms with Gasteiger partial charge < -0.3 is 10.1 Å². The summed E-state index contributed by atoms with van der Waals surface area (Å²) in [6, 6.07) is 0.148. The lowest BCUT2D eigenvalue weighted by Gasteiger charge is -2.17. The van der Waals surface area contributed by atoms with E-state index in [4.69, 9.17) is 16.3 Å². The minimum atomic E-state index is 0.148. The predicted molar refractivity (Wildman–Crippen MR) is 70.1 cm³/mol. The van der Waals surface area contributed by atoms with E-state index in [9.17, 15) is 0 Å². The number of halogens is 1. The molecule has 6 nitrogen and oxygen atoms in total. The average Bonchev–Trinajstić information content (AvgIpc) is 2.80. The quantitative estimate of drug-likeness (QED) is 0.840. The molecular formula is C11H16ClN5O. The number of ether oxygens (including phenoxy) is 1. The molecule has 0 aliphatic heterocycles. The molecule has 0 spiro atoms. The number of hydrogen-bond donors (Lipinski definition) is 1. The third-order valence-corrected chi connectivity index (χ3v) is 2.93. The molecule has 2 aromatic rings. The van der Waals surface area contributed by atoms with Gasteiger partial charge in [-0.1, -0.05) is 11.6 Å². The molecule has 0 amide bonds. The molecule has 7 heteroatoms. The summed E-state index contributed by atoms with van der Waals surface area (Å²) in [6.07, 6.45) is 1.45. The van der Waals surface area contributed by atoms with E-state index in [0.717, 1.165) is 11.4 Å². The standard InChI is InChI=1S/C11H16ClN5O/c1-4-18-5-7(2)15-10-8(3)9(12)16-11-13-6-14-17(10)11/h6-7,15H,4-5H2,1-3H3. The van der Waals surface area contributed by atoms with Crippen molar-refractivity contribution in [1.29, 1.82) is 0 Å². The smallest absolute Gasteiger partial charge is 0.255 e. The molecule has 0 saturated heterocycles. The van der Waals surface area contributed by atoms with Crippen LogP contribution in [0.3, 0.4) is 0 Å². The van der Waals surface area contributed by atoms with Gasteiger partial charge in [-0.3, -0.25) is 0 Å². The highest BCUT2D eigenvalue weighted by molar-refractivity contribution is 6.30. The van der Waals surface area contributed by atoms with E-state index < -0.39 is 0 Å². The molecule has 0 aromatic carbocycles. The molecule has 1 atom stereocenters. The van der Waals surface area contributed by atoms with Crippen LogP contribution in [-0.4, -0.2) is 38.8 Å². The Kier molecular flexibility index (Phi) is 3.98. The Labute approximate surface area is 110 Å². The maximum atomic E-state index is 6.07. The second-order valence-electron chi connectivity index (χ2n) is 4.05. The monoisotopic (exact) mass is 269 g/mol. The second-order valence-corrected chi connectivity index (χ2v) is 4.41. The minimum Gasteiger partial charge on any atom is -0.380 e. The van der Waals surface area contributed by atoms with Crippen molar-refractivity contribution in [2.45, 2.75) is 26.8 Å².